The van der Waals surface area contributed by atoms with Crippen LogP contribution in [-0.4, -0.2) is 59.0 Å². The molecule has 1 saturated heterocycles. The van der Waals surface area contributed by atoms with Crippen LogP contribution >= 0.6 is 0 Å². The van der Waals surface area contributed by atoms with E-state index in [-0.39, 0.29) is 11.9 Å². The van der Waals surface area contributed by atoms with Gasteiger partial charge >= 0.3 is 0 Å². The Morgan fingerprint density at radius 2 is 2.23 bits per heavy atom. The summed E-state index contributed by atoms with van der Waals surface area (Å²) in [5, 5.41) is 3.15. The third-order valence-corrected chi connectivity index (χ3v) is 4.58. The van der Waals surface area contributed by atoms with Crippen LogP contribution in [0.3, 0.4) is 0 Å². The van der Waals surface area contributed by atoms with Gasteiger partial charge in [-0.25, -0.2) is 9.97 Å². The first-order valence-corrected chi connectivity index (χ1v) is 8.96. The predicted molar refractivity (Wildman–Crippen MR) is 101 cm³/mol. The molecule has 1 fully saturated rings. The van der Waals surface area contributed by atoms with Crippen LogP contribution in [0.5, 0.6) is 0 Å². The highest BCUT2D eigenvalue weighted by Gasteiger charge is 2.23. The van der Waals surface area contributed by atoms with Gasteiger partial charge in [0.25, 0.3) is 5.91 Å². The summed E-state index contributed by atoms with van der Waals surface area (Å²) < 4.78 is 0. The first kappa shape index (κ1) is 18.3. The molecule has 3 heterocycles. The molecule has 1 aliphatic rings. The minimum absolute atomic E-state index is 0.0963. The first-order valence-electron chi connectivity index (χ1n) is 8.96. The van der Waals surface area contributed by atoms with Crippen LogP contribution in [-0.2, 0) is 6.54 Å². The smallest absolute Gasteiger partial charge is 0.254 e. The summed E-state index contributed by atoms with van der Waals surface area (Å²) >= 11 is 0. The number of hydrogen-bond donors (Lipinski definition) is 1. The molecular formula is C19H26N6O. The van der Waals surface area contributed by atoms with E-state index in [1.165, 1.54) is 5.56 Å². The van der Waals surface area contributed by atoms with Crippen LogP contribution in [0.25, 0.3) is 0 Å². The van der Waals surface area contributed by atoms with Crippen LogP contribution in [0.2, 0.25) is 0 Å². The molecule has 1 N–H and O–H groups in total. The van der Waals surface area contributed by atoms with Crippen LogP contribution in [0.4, 0.5) is 5.95 Å². The van der Waals surface area contributed by atoms with Crippen LogP contribution in [0.1, 0.15) is 34.5 Å². The van der Waals surface area contributed by atoms with Gasteiger partial charge in [0.05, 0.1) is 11.3 Å². The maximum Gasteiger partial charge on any atom is 0.254 e. The Kier molecular flexibility index (Phi) is 5.78. The fraction of sp³-hybridized carbons (Fsp3) is 0.474. The van der Waals surface area contributed by atoms with E-state index >= 15 is 0 Å². The molecule has 0 bridgehead atoms. The molecular weight excluding hydrogens is 328 g/mol. The average Bonchev–Trinajstić information content (AvgIpc) is 2.62. The molecule has 0 aromatic carbocycles. The van der Waals surface area contributed by atoms with E-state index in [2.05, 4.69) is 31.2 Å². The van der Waals surface area contributed by atoms with Crippen molar-refractivity contribution < 1.29 is 4.79 Å². The third kappa shape index (κ3) is 4.54. The molecule has 7 heteroatoms. The van der Waals surface area contributed by atoms with Gasteiger partial charge in [0.1, 0.15) is 0 Å². The lowest BCUT2D eigenvalue weighted by Gasteiger charge is -2.33. The standard InChI is InChI=1S/C19H26N6O/c1-14-17(11-21-19(22-14)24(2)3)18(26)23-16-7-5-9-25(13-16)12-15-6-4-8-20-10-15/h4,6,8,10-11,16H,5,7,9,12-13H2,1-3H3,(H,23,26)/t16-/m1/s1. The molecule has 1 aliphatic heterocycles. The number of rotatable bonds is 5. The van der Waals surface area contributed by atoms with E-state index in [0.29, 0.717) is 17.2 Å². The largest absolute Gasteiger partial charge is 0.348 e. The second-order valence-corrected chi connectivity index (χ2v) is 6.97. The molecule has 0 saturated carbocycles. The van der Waals surface area contributed by atoms with E-state index in [0.717, 1.165) is 32.5 Å². The van der Waals surface area contributed by atoms with Crippen molar-refractivity contribution in [1.29, 1.82) is 0 Å². The Morgan fingerprint density at radius 1 is 1.38 bits per heavy atom. The molecule has 1 atom stereocenters. The zero-order chi connectivity index (χ0) is 18.5. The number of anilines is 1. The van der Waals surface area contributed by atoms with Crippen molar-refractivity contribution in [2.45, 2.75) is 32.4 Å². The van der Waals surface area contributed by atoms with Crippen molar-refractivity contribution in [2.75, 3.05) is 32.1 Å². The summed E-state index contributed by atoms with van der Waals surface area (Å²) in [4.78, 5) is 29.7. The number of piperidine rings is 1. The van der Waals surface area contributed by atoms with E-state index in [1.54, 1.807) is 12.4 Å². The van der Waals surface area contributed by atoms with Crippen molar-refractivity contribution in [1.82, 2.24) is 25.2 Å². The van der Waals surface area contributed by atoms with Crippen LogP contribution < -0.4 is 10.2 Å². The fourth-order valence-corrected chi connectivity index (χ4v) is 3.22. The van der Waals surface area contributed by atoms with Crippen molar-refractivity contribution in [3.05, 3.63) is 47.5 Å². The van der Waals surface area contributed by atoms with Crippen LogP contribution in [0.15, 0.2) is 30.7 Å². The molecule has 1 amide bonds. The number of carbonyl (C=O) groups is 1. The minimum atomic E-state index is -0.0963. The Bertz CT molecular complexity index is 749. The van der Waals surface area contributed by atoms with Crippen molar-refractivity contribution in [3.8, 4) is 0 Å². The quantitative estimate of drug-likeness (QED) is 0.880. The number of hydrogen-bond acceptors (Lipinski definition) is 6. The molecule has 0 radical (unpaired) electrons. The summed E-state index contributed by atoms with van der Waals surface area (Å²) in [5.41, 5.74) is 2.44. The number of likely N-dealkylation sites (tertiary alicyclic amines) is 1. The summed E-state index contributed by atoms with van der Waals surface area (Å²) in [5.74, 6) is 0.514. The second kappa shape index (κ2) is 8.23. The topological polar surface area (TPSA) is 74.2 Å². The molecule has 0 spiro atoms. The number of pyridine rings is 1. The van der Waals surface area contributed by atoms with Gasteiger partial charge in [-0.1, -0.05) is 6.07 Å². The average molecular weight is 354 g/mol. The Balaban J connectivity index is 1.60. The summed E-state index contributed by atoms with van der Waals surface area (Å²) in [6, 6.07) is 4.18. The monoisotopic (exact) mass is 354 g/mol. The van der Waals surface area contributed by atoms with Gasteiger partial charge in [-0.15, -0.1) is 0 Å². The van der Waals surface area contributed by atoms with Gasteiger partial charge < -0.3 is 10.2 Å². The number of aromatic nitrogens is 3. The molecule has 2 aromatic rings. The lowest BCUT2D eigenvalue weighted by molar-refractivity contribution is 0.0899. The SMILES string of the molecule is Cc1nc(N(C)C)ncc1C(=O)N[C@@H]1CCCN(Cc2cccnc2)C1. The highest BCUT2D eigenvalue weighted by Crippen LogP contribution is 2.15. The summed E-state index contributed by atoms with van der Waals surface area (Å²) in [7, 11) is 3.76. The highest BCUT2D eigenvalue weighted by atomic mass is 16.1. The molecule has 0 aliphatic carbocycles. The number of amides is 1. The normalized spacial score (nSPS) is 17.7. The Hall–Kier alpha value is -2.54. The molecule has 0 unspecified atom stereocenters. The zero-order valence-corrected chi connectivity index (χ0v) is 15.6. The third-order valence-electron chi connectivity index (χ3n) is 4.58. The number of nitrogens with zero attached hydrogens (tertiary/aromatic N) is 5. The molecule has 3 rings (SSSR count). The highest BCUT2D eigenvalue weighted by molar-refractivity contribution is 5.95. The van der Waals surface area contributed by atoms with E-state index in [9.17, 15) is 4.79 Å². The lowest BCUT2D eigenvalue weighted by Crippen LogP contribution is -2.47. The zero-order valence-electron chi connectivity index (χ0n) is 15.6. The van der Waals surface area contributed by atoms with Gasteiger partial charge in [0.15, 0.2) is 0 Å². The summed E-state index contributed by atoms with van der Waals surface area (Å²) in [6.45, 7) is 4.59. The first-order chi connectivity index (χ1) is 12.5. The maximum atomic E-state index is 12.6. The van der Waals surface area contributed by atoms with E-state index in [4.69, 9.17) is 0 Å². The van der Waals surface area contributed by atoms with Crippen molar-refractivity contribution >= 4 is 11.9 Å². The Morgan fingerprint density at radius 3 is 2.92 bits per heavy atom. The molecule has 138 valence electrons. The lowest BCUT2D eigenvalue weighted by atomic mass is 10.0. The van der Waals surface area contributed by atoms with Crippen LogP contribution in [0, 0.1) is 6.92 Å². The van der Waals surface area contributed by atoms with Gasteiger partial charge in [0.2, 0.25) is 5.95 Å². The fourth-order valence-electron chi connectivity index (χ4n) is 3.22. The van der Waals surface area contributed by atoms with Gasteiger partial charge in [-0.2, -0.15) is 0 Å². The maximum absolute atomic E-state index is 12.6. The van der Waals surface area contributed by atoms with Gasteiger partial charge in [-0.3, -0.25) is 14.7 Å². The van der Waals surface area contributed by atoms with Crippen molar-refractivity contribution in [3.63, 3.8) is 0 Å². The summed E-state index contributed by atoms with van der Waals surface area (Å²) in [6.07, 6.45) is 7.36. The number of carbonyl (C=O) groups excluding carboxylic acids is 1. The Labute approximate surface area is 154 Å². The number of nitrogens with one attached hydrogen (secondary N) is 1. The van der Waals surface area contributed by atoms with E-state index < -0.39 is 0 Å². The molecule has 26 heavy (non-hydrogen) atoms. The second-order valence-electron chi connectivity index (χ2n) is 6.97. The van der Waals surface area contributed by atoms with E-state index in [1.807, 2.05) is 38.2 Å². The van der Waals surface area contributed by atoms with Gasteiger partial charge in [0, 0.05) is 51.8 Å². The molecule has 7 nitrogen and oxygen atoms in total. The van der Waals surface area contributed by atoms with Crippen molar-refractivity contribution in [2.24, 2.45) is 0 Å². The molecule has 2 aromatic heterocycles. The minimum Gasteiger partial charge on any atom is -0.348 e. The predicted octanol–water partition coefficient (Wildman–Crippen LogP) is 1.64. The number of aryl methyl sites for hydroxylation is 1. The van der Waals surface area contributed by atoms with Gasteiger partial charge in [-0.05, 0) is 37.9 Å².